The van der Waals surface area contributed by atoms with Crippen molar-refractivity contribution in [3.63, 3.8) is 0 Å². The second-order valence-corrected chi connectivity index (χ2v) is 0.726. The first-order valence-corrected chi connectivity index (χ1v) is 1.47. The van der Waals surface area contributed by atoms with E-state index in [0.717, 1.165) is 0 Å². The normalized spacial score (nSPS) is 15.0. The molecule has 0 amide bonds. The summed E-state index contributed by atoms with van der Waals surface area (Å²) in [5, 5.41) is 0. The zero-order chi connectivity index (χ0) is 6.85. The van der Waals surface area contributed by atoms with E-state index in [1.165, 1.54) is 6.07 Å². The van der Waals surface area contributed by atoms with Gasteiger partial charge < -0.3 is 0 Å². The Labute approximate surface area is 40.1 Å². The Morgan fingerprint density at radius 1 is 1.33 bits per heavy atom. The van der Waals surface area contributed by atoms with Gasteiger partial charge in [0.05, 0.1) is 2.74 Å². The van der Waals surface area contributed by atoms with Crippen LogP contribution in [0.2, 0.25) is 0 Å². The summed E-state index contributed by atoms with van der Waals surface area (Å²) >= 11 is 0. The number of hydrogen-bond donors (Lipinski definition) is 0. The Balaban J connectivity index is 3.17. The number of rotatable bonds is 0. The van der Waals surface area contributed by atoms with Crippen LogP contribution in [0.15, 0.2) is 24.7 Å². The monoisotopic (exact) mass is 83.1 g/mol. The third-order valence-corrected chi connectivity index (χ3v) is 0.358. The minimum Gasteiger partial charge on any atom is -0.245 e. The fourth-order valence-corrected chi connectivity index (χ4v) is 0.176. The van der Waals surface area contributed by atoms with Gasteiger partial charge in [-0.05, 0) is 6.07 Å². The lowest BCUT2D eigenvalue weighted by molar-refractivity contribution is 1.17. The minimum atomic E-state index is -0.271. The van der Waals surface area contributed by atoms with Crippen LogP contribution in [0, 0.1) is 0 Å². The predicted octanol–water partition coefficient (Wildman–Crippen LogP) is 0.477. The van der Waals surface area contributed by atoms with Gasteiger partial charge in [-0.25, -0.2) is 9.97 Å². The summed E-state index contributed by atoms with van der Waals surface area (Å²) in [5.41, 5.74) is 0. The highest BCUT2D eigenvalue weighted by Crippen LogP contribution is 1.66. The molecule has 0 aliphatic rings. The highest BCUT2D eigenvalue weighted by Gasteiger charge is 1.59. The van der Waals surface area contributed by atoms with E-state index in [0.29, 0.717) is 0 Å². The molecule has 0 aliphatic carbocycles. The second-order valence-electron chi connectivity index (χ2n) is 0.726. The molecule has 0 radical (unpaired) electrons. The average molecular weight is 83.1 g/mol. The maximum atomic E-state index is 6.89. The Morgan fingerprint density at radius 2 is 2.00 bits per heavy atom. The molecule has 2 nitrogen and oxygen atoms in total. The number of nitrogens with zero attached hydrogens (tertiary/aromatic N) is 2. The topological polar surface area (TPSA) is 25.8 Å². The lowest BCUT2D eigenvalue weighted by Gasteiger charge is -1.70. The van der Waals surface area contributed by atoms with Gasteiger partial charge in [-0.2, -0.15) is 0 Å². The Bertz CT molecular complexity index is 175. The van der Waals surface area contributed by atoms with Gasteiger partial charge in [0.15, 0.2) is 0 Å². The fourth-order valence-electron chi connectivity index (χ4n) is 0.176. The molecule has 0 spiro atoms. The summed E-state index contributed by atoms with van der Waals surface area (Å²) in [7, 11) is 0. The van der Waals surface area contributed by atoms with Crippen LogP contribution < -0.4 is 0 Å². The second kappa shape index (κ2) is 1.50. The molecule has 0 aromatic carbocycles. The average Bonchev–Trinajstić information content (AvgIpc) is 1.59. The van der Waals surface area contributed by atoms with E-state index < -0.39 is 0 Å². The first kappa shape index (κ1) is 1.30. The van der Waals surface area contributed by atoms with Crippen molar-refractivity contribution in [3.05, 3.63) is 24.7 Å². The fraction of sp³-hybridized carbons (Fsp3) is 0. The van der Waals surface area contributed by atoms with Gasteiger partial charge in [-0.3, -0.25) is 0 Å². The molecule has 0 bridgehead atoms. The molecule has 0 unspecified atom stereocenters. The lowest BCUT2D eigenvalue weighted by Crippen LogP contribution is -1.66. The summed E-state index contributed by atoms with van der Waals surface area (Å²) in [6.45, 7) is 0. The standard InChI is InChI=1S/C4H4N2/c1-2-5-4-6-3-1/h1-4H/i2D,3D,4D. The van der Waals surface area contributed by atoms with Crippen molar-refractivity contribution in [1.29, 1.82) is 0 Å². The van der Waals surface area contributed by atoms with Crippen molar-refractivity contribution in [2.45, 2.75) is 0 Å². The molecule has 6 heavy (non-hydrogen) atoms. The quantitative estimate of drug-likeness (QED) is 0.456. The molecule has 1 aromatic heterocycles. The highest BCUT2D eigenvalue weighted by molar-refractivity contribution is 4.74. The molecule has 2 heteroatoms. The molecule has 0 aliphatic heterocycles. The zero-order valence-electron chi connectivity index (χ0n) is 5.97. The van der Waals surface area contributed by atoms with Crippen LogP contribution in [0.25, 0.3) is 0 Å². The number of hydrogen-bond acceptors (Lipinski definition) is 2. The molecule has 0 N–H and O–H groups in total. The highest BCUT2D eigenvalue weighted by atomic mass is 14.8. The van der Waals surface area contributed by atoms with Crippen molar-refractivity contribution in [2.24, 2.45) is 0 Å². The Morgan fingerprint density at radius 3 is 2.50 bits per heavy atom. The number of aromatic nitrogens is 2. The summed E-state index contributed by atoms with van der Waals surface area (Å²) < 4.78 is 20.6. The predicted molar refractivity (Wildman–Crippen MR) is 22.0 cm³/mol. The molecule has 1 rings (SSSR count). The van der Waals surface area contributed by atoms with Gasteiger partial charge in [0.1, 0.15) is 7.67 Å². The van der Waals surface area contributed by atoms with E-state index >= 15 is 0 Å². The van der Waals surface area contributed by atoms with Crippen molar-refractivity contribution in [3.8, 4) is 0 Å². The molecule has 1 aromatic rings. The van der Waals surface area contributed by atoms with Crippen LogP contribution in [0.1, 0.15) is 4.11 Å². The molecule has 30 valence electrons. The van der Waals surface area contributed by atoms with E-state index in [4.69, 9.17) is 4.11 Å². The maximum absolute atomic E-state index is 6.89. The van der Waals surface area contributed by atoms with E-state index in [2.05, 4.69) is 9.97 Å². The molecule has 0 atom stereocenters. The van der Waals surface area contributed by atoms with Gasteiger partial charge >= 0.3 is 0 Å². The van der Waals surface area contributed by atoms with E-state index in [1.54, 1.807) is 0 Å². The van der Waals surface area contributed by atoms with Crippen molar-refractivity contribution < 1.29 is 4.11 Å². The van der Waals surface area contributed by atoms with E-state index in [1.807, 2.05) is 0 Å². The van der Waals surface area contributed by atoms with E-state index in [9.17, 15) is 0 Å². The minimum absolute atomic E-state index is 0.0833. The largest absolute Gasteiger partial charge is 0.245 e. The first-order valence-electron chi connectivity index (χ1n) is 2.97. The summed E-state index contributed by atoms with van der Waals surface area (Å²) in [6, 6.07) is 1.18. The third kappa shape index (κ3) is 0.516. The van der Waals surface area contributed by atoms with Crippen molar-refractivity contribution in [2.75, 3.05) is 0 Å². The van der Waals surface area contributed by atoms with Crippen LogP contribution in [0.4, 0.5) is 0 Å². The van der Waals surface area contributed by atoms with Gasteiger partial charge in [0.2, 0.25) is 0 Å². The Kier molecular flexibility index (Phi) is 0.324. The smallest absolute Gasteiger partial charge is 0.115 e. The molecule has 0 saturated heterocycles. The van der Waals surface area contributed by atoms with Gasteiger partial charge in [-0.15, -0.1) is 0 Å². The maximum Gasteiger partial charge on any atom is 0.115 e. The van der Waals surface area contributed by atoms with Crippen molar-refractivity contribution in [1.82, 2.24) is 9.97 Å². The van der Waals surface area contributed by atoms with E-state index in [-0.39, 0.29) is 18.6 Å². The van der Waals surface area contributed by atoms with Crippen LogP contribution >= 0.6 is 0 Å². The summed E-state index contributed by atoms with van der Waals surface area (Å²) in [6.07, 6.45) is -0.437. The SMILES string of the molecule is [2H]c1cc([2H])nc([2H])n1. The van der Waals surface area contributed by atoms with Crippen LogP contribution in [0.5, 0.6) is 0 Å². The van der Waals surface area contributed by atoms with Crippen LogP contribution in [0.3, 0.4) is 0 Å². The Hall–Kier alpha value is -0.920. The van der Waals surface area contributed by atoms with Crippen LogP contribution in [-0.2, 0) is 0 Å². The molecule has 0 fully saturated rings. The van der Waals surface area contributed by atoms with Crippen LogP contribution in [-0.4, -0.2) is 9.97 Å². The molecular formula is C4H4N2. The molecular weight excluding hydrogens is 76.1 g/mol. The molecule has 0 saturated carbocycles. The third-order valence-electron chi connectivity index (χ3n) is 0.358. The van der Waals surface area contributed by atoms with Gasteiger partial charge in [-0.1, -0.05) is 0 Å². The summed E-state index contributed by atoms with van der Waals surface area (Å²) in [4.78, 5) is 6.67. The molecule has 1 heterocycles. The first-order chi connectivity index (χ1) is 4.18. The lowest BCUT2D eigenvalue weighted by atomic mass is 10.7. The van der Waals surface area contributed by atoms with Gasteiger partial charge in [0.25, 0.3) is 0 Å². The van der Waals surface area contributed by atoms with Gasteiger partial charge in [0, 0.05) is 12.3 Å². The zero-order valence-corrected chi connectivity index (χ0v) is 2.97. The van der Waals surface area contributed by atoms with Crippen molar-refractivity contribution >= 4 is 0 Å². The summed E-state index contributed by atoms with van der Waals surface area (Å²) in [5.74, 6) is 0.